The first-order chi connectivity index (χ1) is 7.66. The Morgan fingerprint density at radius 3 is 2.56 bits per heavy atom. The molecular formula is C12H18BNO2. The molecule has 0 aliphatic carbocycles. The summed E-state index contributed by atoms with van der Waals surface area (Å²) in [4.78, 5) is 2.36. The van der Waals surface area contributed by atoms with Gasteiger partial charge in [0.1, 0.15) is 0 Å². The van der Waals surface area contributed by atoms with Gasteiger partial charge in [0.2, 0.25) is 0 Å². The van der Waals surface area contributed by atoms with E-state index in [9.17, 15) is 10.0 Å². The summed E-state index contributed by atoms with van der Waals surface area (Å²) in [5.74, 6) is 0. The van der Waals surface area contributed by atoms with Crippen molar-refractivity contribution in [2.45, 2.75) is 26.3 Å². The number of hydrogen-bond donors (Lipinski definition) is 2. The molecule has 0 unspecified atom stereocenters. The minimum Gasteiger partial charge on any atom is -0.423 e. The highest BCUT2D eigenvalue weighted by Gasteiger charge is 2.19. The summed E-state index contributed by atoms with van der Waals surface area (Å²) in [6, 6.07) is 5.88. The summed E-state index contributed by atoms with van der Waals surface area (Å²) in [5, 5.41) is 18.7. The van der Waals surface area contributed by atoms with Crippen LogP contribution in [0.5, 0.6) is 0 Å². The van der Waals surface area contributed by atoms with Crippen LogP contribution >= 0.6 is 0 Å². The fourth-order valence-electron chi connectivity index (χ4n) is 2.28. The van der Waals surface area contributed by atoms with Gasteiger partial charge >= 0.3 is 7.12 Å². The summed E-state index contributed by atoms with van der Waals surface area (Å²) >= 11 is 0. The van der Waals surface area contributed by atoms with Gasteiger partial charge in [0.15, 0.2) is 0 Å². The number of rotatable bonds is 3. The lowest BCUT2D eigenvalue weighted by Gasteiger charge is -2.17. The molecule has 1 aliphatic heterocycles. The monoisotopic (exact) mass is 219 g/mol. The number of hydrogen-bond acceptors (Lipinski definition) is 3. The van der Waals surface area contributed by atoms with Gasteiger partial charge in [-0.1, -0.05) is 23.8 Å². The lowest BCUT2D eigenvalue weighted by molar-refractivity contribution is 0.331. The Bertz CT molecular complexity index is 362. The maximum Gasteiger partial charge on any atom is 0.488 e. The Labute approximate surface area is 96.9 Å². The molecule has 2 rings (SSSR count). The third-order valence-electron chi connectivity index (χ3n) is 3.17. The first kappa shape index (κ1) is 11.6. The molecule has 0 saturated carbocycles. The smallest absolute Gasteiger partial charge is 0.423 e. The minimum atomic E-state index is -1.36. The third kappa shape index (κ3) is 2.64. The topological polar surface area (TPSA) is 43.7 Å². The summed E-state index contributed by atoms with van der Waals surface area (Å²) in [6.45, 7) is 5.03. The van der Waals surface area contributed by atoms with Crippen LogP contribution in [0.3, 0.4) is 0 Å². The Kier molecular flexibility index (Phi) is 3.64. The van der Waals surface area contributed by atoms with Crippen molar-refractivity contribution in [2.75, 3.05) is 13.1 Å². The van der Waals surface area contributed by atoms with Crippen LogP contribution in [0.25, 0.3) is 0 Å². The van der Waals surface area contributed by atoms with Gasteiger partial charge in [-0.15, -0.1) is 0 Å². The molecular weight excluding hydrogens is 201 g/mol. The SMILES string of the molecule is Cc1ccc(CN2CCCC2)c(B(O)O)c1. The van der Waals surface area contributed by atoms with Gasteiger partial charge in [-0.2, -0.15) is 0 Å². The molecule has 1 heterocycles. The molecule has 4 heteroatoms. The van der Waals surface area contributed by atoms with E-state index in [1.807, 2.05) is 25.1 Å². The largest absolute Gasteiger partial charge is 0.488 e. The fraction of sp³-hybridized carbons (Fsp3) is 0.500. The van der Waals surface area contributed by atoms with E-state index in [4.69, 9.17) is 0 Å². The molecule has 0 aromatic heterocycles. The van der Waals surface area contributed by atoms with Crippen molar-refractivity contribution in [1.29, 1.82) is 0 Å². The van der Waals surface area contributed by atoms with Crippen LogP contribution in [-0.4, -0.2) is 35.2 Å². The van der Waals surface area contributed by atoms with Crippen molar-refractivity contribution >= 4 is 12.6 Å². The second-order valence-corrected chi connectivity index (χ2v) is 4.56. The van der Waals surface area contributed by atoms with E-state index >= 15 is 0 Å². The second-order valence-electron chi connectivity index (χ2n) is 4.56. The van der Waals surface area contributed by atoms with Gasteiger partial charge in [0.05, 0.1) is 0 Å². The van der Waals surface area contributed by atoms with Crippen LogP contribution in [0.15, 0.2) is 18.2 Å². The van der Waals surface area contributed by atoms with Gasteiger partial charge < -0.3 is 10.0 Å². The van der Waals surface area contributed by atoms with Crippen molar-refractivity contribution in [3.63, 3.8) is 0 Å². The van der Waals surface area contributed by atoms with E-state index in [1.165, 1.54) is 12.8 Å². The van der Waals surface area contributed by atoms with Crippen molar-refractivity contribution in [3.05, 3.63) is 29.3 Å². The lowest BCUT2D eigenvalue weighted by atomic mass is 9.76. The van der Waals surface area contributed by atoms with Crippen LogP contribution in [0.1, 0.15) is 24.0 Å². The molecule has 86 valence electrons. The van der Waals surface area contributed by atoms with Gasteiger partial charge in [-0.05, 0) is 43.9 Å². The summed E-state index contributed by atoms with van der Waals surface area (Å²) in [6.07, 6.45) is 2.51. The minimum absolute atomic E-state index is 0.645. The molecule has 1 fully saturated rings. The maximum absolute atomic E-state index is 9.34. The normalized spacial score (nSPS) is 16.7. The highest BCUT2D eigenvalue weighted by atomic mass is 16.4. The molecule has 1 aromatic carbocycles. The van der Waals surface area contributed by atoms with Crippen molar-refractivity contribution in [3.8, 4) is 0 Å². The van der Waals surface area contributed by atoms with E-state index in [2.05, 4.69) is 4.90 Å². The lowest BCUT2D eigenvalue weighted by Crippen LogP contribution is -2.35. The molecule has 1 saturated heterocycles. The zero-order valence-electron chi connectivity index (χ0n) is 9.69. The van der Waals surface area contributed by atoms with Gasteiger partial charge in [-0.3, -0.25) is 4.90 Å². The van der Waals surface area contributed by atoms with E-state index in [1.54, 1.807) is 0 Å². The van der Waals surface area contributed by atoms with Crippen LogP contribution in [0, 0.1) is 6.92 Å². The van der Waals surface area contributed by atoms with Crippen LogP contribution < -0.4 is 5.46 Å². The van der Waals surface area contributed by atoms with Gasteiger partial charge in [0.25, 0.3) is 0 Å². The van der Waals surface area contributed by atoms with Crippen LogP contribution in [-0.2, 0) is 6.54 Å². The summed E-state index contributed by atoms with van der Waals surface area (Å²) < 4.78 is 0. The predicted octanol–water partition coefficient (Wildman–Crippen LogP) is 0.271. The van der Waals surface area contributed by atoms with Crippen LogP contribution in [0.4, 0.5) is 0 Å². The molecule has 0 radical (unpaired) electrons. The Morgan fingerprint density at radius 2 is 1.94 bits per heavy atom. The highest BCUT2D eigenvalue weighted by molar-refractivity contribution is 6.59. The number of likely N-dealkylation sites (tertiary alicyclic amines) is 1. The van der Waals surface area contributed by atoms with E-state index < -0.39 is 7.12 Å². The standard InChI is InChI=1S/C12H18BNO2/c1-10-4-5-11(12(8-10)13(15)16)9-14-6-2-3-7-14/h4-5,8,15-16H,2-3,6-7,9H2,1H3. The van der Waals surface area contributed by atoms with E-state index in [0.29, 0.717) is 5.46 Å². The Balaban J connectivity index is 2.18. The third-order valence-corrected chi connectivity index (χ3v) is 3.17. The summed E-state index contributed by atoms with van der Waals surface area (Å²) in [7, 11) is -1.36. The average Bonchev–Trinajstić information content (AvgIpc) is 2.73. The Hall–Kier alpha value is -0.835. The highest BCUT2D eigenvalue weighted by Crippen LogP contribution is 2.12. The molecule has 3 nitrogen and oxygen atoms in total. The molecule has 0 bridgehead atoms. The molecule has 1 aromatic rings. The fourth-order valence-corrected chi connectivity index (χ4v) is 2.28. The molecule has 0 atom stereocenters. The Morgan fingerprint density at radius 1 is 1.25 bits per heavy atom. The van der Waals surface area contributed by atoms with Crippen molar-refractivity contribution in [2.24, 2.45) is 0 Å². The average molecular weight is 219 g/mol. The van der Waals surface area contributed by atoms with Crippen molar-refractivity contribution in [1.82, 2.24) is 4.90 Å². The first-order valence-electron chi connectivity index (χ1n) is 5.85. The molecule has 2 N–H and O–H groups in total. The predicted molar refractivity (Wildman–Crippen MR) is 65.5 cm³/mol. The second kappa shape index (κ2) is 5.00. The number of aryl methyl sites for hydroxylation is 1. The molecule has 0 amide bonds. The first-order valence-corrected chi connectivity index (χ1v) is 5.85. The number of nitrogens with zero attached hydrogens (tertiary/aromatic N) is 1. The van der Waals surface area contributed by atoms with Gasteiger partial charge in [-0.25, -0.2) is 0 Å². The maximum atomic E-state index is 9.34. The molecule has 16 heavy (non-hydrogen) atoms. The zero-order valence-corrected chi connectivity index (χ0v) is 9.69. The van der Waals surface area contributed by atoms with E-state index in [0.717, 1.165) is 30.8 Å². The van der Waals surface area contributed by atoms with E-state index in [-0.39, 0.29) is 0 Å². The quantitative estimate of drug-likeness (QED) is 0.717. The number of benzene rings is 1. The molecule has 1 aliphatic rings. The van der Waals surface area contributed by atoms with Gasteiger partial charge in [0, 0.05) is 6.54 Å². The zero-order chi connectivity index (χ0) is 11.5. The van der Waals surface area contributed by atoms with Crippen molar-refractivity contribution < 1.29 is 10.0 Å². The van der Waals surface area contributed by atoms with Crippen LogP contribution in [0.2, 0.25) is 0 Å². The summed E-state index contributed by atoms with van der Waals surface area (Å²) in [5.41, 5.74) is 2.74. The molecule has 0 spiro atoms.